The lowest BCUT2D eigenvalue weighted by Gasteiger charge is -2.38. The molecule has 0 aromatic carbocycles. The lowest BCUT2D eigenvalue weighted by Crippen LogP contribution is -2.54. The fraction of sp³-hybridized carbons (Fsp3) is 0.923. The van der Waals surface area contributed by atoms with E-state index in [4.69, 9.17) is 10.9 Å². The topological polar surface area (TPSA) is 99.2 Å². The van der Waals surface area contributed by atoms with Gasteiger partial charge in [0.15, 0.2) is 5.84 Å². The molecule has 1 aliphatic carbocycles. The van der Waals surface area contributed by atoms with E-state index in [0.717, 1.165) is 44.9 Å². The van der Waals surface area contributed by atoms with Gasteiger partial charge in [-0.25, -0.2) is 0 Å². The molecular weight excluding hydrogens is 292 g/mol. The SMILES string of the molecule is CC1CCCCN1S(=O)(=O)N(CC(N)=NO)C1CCCC1. The minimum atomic E-state index is -3.57. The van der Waals surface area contributed by atoms with Gasteiger partial charge >= 0.3 is 0 Å². The van der Waals surface area contributed by atoms with Gasteiger partial charge in [-0.2, -0.15) is 17.0 Å². The predicted molar refractivity (Wildman–Crippen MR) is 81.3 cm³/mol. The first-order chi connectivity index (χ1) is 9.96. The monoisotopic (exact) mass is 318 g/mol. The lowest BCUT2D eigenvalue weighted by atomic mass is 10.1. The number of amidine groups is 1. The van der Waals surface area contributed by atoms with Crippen molar-refractivity contribution in [1.82, 2.24) is 8.61 Å². The summed E-state index contributed by atoms with van der Waals surface area (Å²) in [6, 6.07) is -0.0237. The quantitative estimate of drug-likeness (QED) is 0.343. The van der Waals surface area contributed by atoms with Crippen LogP contribution in [0.4, 0.5) is 0 Å². The molecule has 1 saturated carbocycles. The number of piperidine rings is 1. The molecule has 1 aliphatic heterocycles. The van der Waals surface area contributed by atoms with Crippen LogP contribution in [0.25, 0.3) is 0 Å². The number of oxime groups is 1. The van der Waals surface area contributed by atoms with E-state index in [1.54, 1.807) is 4.31 Å². The third kappa shape index (κ3) is 3.67. The second-order valence-electron chi connectivity index (χ2n) is 6.04. The van der Waals surface area contributed by atoms with Gasteiger partial charge in [-0.05, 0) is 32.6 Å². The van der Waals surface area contributed by atoms with Crippen molar-refractivity contribution in [3.05, 3.63) is 0 Å². The van der Waals surface area contributed by atoms with E-state index in [9.17, 15) is 8.42 Å². The normalized spacial score (nSPS) is 26.6. The lowest BCUT2D eigenvalue weighted by molar-refractivity contribution is 0.233. The maximum Gasteiger partial charge on any atom is 0.282 e. The molecule has 0 amide bonds. The highest BCUT2D eigenvalue weighted by molar-refractivity contribution is 7.86. The van der Waals surface area contributed by atoms with E-state index in [1.807, 2.05) is 6.92 Å². The van der Waals surface area contributed by atoms with Crippen LogP contribution in [0.2, 0.25) is 0 Å². The third-order valence-electron chi connectivity index (χ3n) is 4.51. The molecule has 2 rings (SSSR count). The Kier molecular flexibility index (Phi) is 5.45. The Morgan fingerprint density at radius 2 is 1.90 bits per heavy atom. The molecule has 1 saturated heterocycles. The van der Waals surface area contributed by atoms with Gasteiger partial charge in [-0.15, -0.1) is 0 Å². The van der Waals surface area contributed by atoms with Gasteiger partial charge < -0.3 is 10.9 Å². The van der Waals surface area contributed by atoms with Gasteiger partial charge in [0.25, 0.3) is 10.2 Å². The van der Waals surface area contributed by atoms with E-state index in [-0.39, 0.29) is 24.5 Å². The summed E-state index contributed by atoms with van der Waals surface area (Å²) in [5.74, 6) is -0.0601. The number of nitrogens with two attached hydrogens (primary N) is 1. The second-order valence-corrected chi connectivity index (χ2v) is 7.87. The Balaban J connectivity index is 2.24. The first kappa shape index (κ1) is 16.5. The molecular formula is C13H26N4O3S. The minimum absolute atomic E-state index is 0.0138. The fourth-order valence-corrected chi connectivity index (χ4v) is 5.40. The average Bonchev–Trinajstić information content (AvgIpc) is 2.98. The van der Waals surface area contributed by atoms with Crippen molar-refractivity contribution in [2.24, 2.45) is 10.9 Å². The number of nitrogens with zero attached hydrogens (tertiary/aromatic N) is 3. The molecule has 0 aromatic heterocycles. The summed E-state index contributed by atoms with van der Waals surface area (Å²) < 4.78 is 29.0. The van der Waals surface area contributed by atoms with Crippen molar-refractivity contribution in [2.75, 3.05) is 13.1 Å². The number of hydrogen-bond acceptors (Lipinski definition) is 4. The minimum Gasteiger partial charge on any atom is -0.409 e. The van der Waals surface area contributed by atoms with Gasteiger partial charge in [-0.1, -0.05) is 24.4 Å². The van der Waals surface area contributed by atoms with Gasteiger partial charge in [0, 0.05) is 18.6 Å². The largest absolute Gasteiger partial charge is 0.409 e. The summed E-state index contributed by atoms with van der Waals surface area (Å²) in [7, 11) is -3.57. The van der Waals surface area contributed by atoms with Crippen LogP contribution in [0.15, 0.2) is 5.16 Å². The fourth-order valence-electron chi connectivity index (χ4n) is 3.33. The Morgan fingerprint density at radius 3 is 2.48 bits per heavy atom. The first-order valence-electron chi connectivity index (χ1n) is 7.72. The molecule has 0 spiro atoms. The van der Waals surface area contributed by atoms with Crippen LogP contribution < -0.4 is 5.73 Å². The van der Waals surface area contributed by atoms with Crippen LogP contribution in [0, 0.1) is 0 Å². The summed E-state index contributed by atoms with van der Waals surface area (Å²) in [6.45, 7) is 2.47. The summed E-state index contributed by atoms with van der Waals surface area (Å²) in [6.07, 6.45) is 6.61. The maximum absolute atomic E-state index is 13.0. The van der Waals surface area contributed by atoms with Crippen LogP contribution in [-0.2, 0) is 10.2 Å². The molecule has 122 valence electrons. The first-order valence-corrected chi connectivity index (χ1v) is 9.11. The van der Waals surface area contributed by atoms with Crippen molar-refractivity contribution in [2.45, 2.75) is 64.0 Å². The van der Waals surface area contributed by atoms with Crippen LogP contribution in [0.5, 0.6) is 0 Å². The van der Waals surface area contributed by atoms with Gasteiger partial charge in [0.2, 0.25) is 0 Å². The zero-order valence-corrected chi connectivity index (χ0v) is 13.4. The van der Waals surface area contributed by atoms with Crippen molar-refractivity contribution in [3.63, 3.8) is 0 Å². The van der Waals surface area contributed by atoms with Gasteiger partial charge in [0.1, 0.15) is 0 Å². The zero-order chi connectivity index (χ0) is 15.5. The molecule has 21 heavy (non-hydrogen) atoms. The zero-order valence-electron chi connectivity index (χ0n) is 12.6. The van der Waals surface area contributed by atoms with Crippen molar-refractivity contribution in [1.29, 1.82) is 0 Å². The highest BCUT2D eigenvalue weighted by Gasteiger charge is 2.39. The summed E-state index contributed by atoms with van der Waals surface area (Å²) >= 11 is 0. The predicted octanol–water partition coefficient (Wildman–Crippen LogP) is 1.10. The Labute approximate surface area is 127 Å². The molecule has 0 radical (unpaired) electrons. The summed E-state index contributed by atoms with van der Waals surface area (Å²) in [5.41, 5.74) is 5.58. The van der Waals surface area contributed by atoms with E-state index < -0.39 is 10.2 Å². The van der Waals surface area contributed by atoms with Crippen molar-refractivity contribution in [3.8, 4) is 0 Å². The third-order valence-corrected chi connectivity index (χ3v) is 6.67. The van der Waals surface area contributed by atoms with Crippen molar-refractivity contribution < 1.29 is 13.6 Å². The van der Waals surface area contributed by atoms with Crippen LogP contribution >= 0.6 is 0 Å². The van der Waals surface area contributed by atoms with Gasteiger partial charge in [0.05, 0.1) is 6.54 Å². The van der Waals surface area contributed by atoms with Gasteiger partial charge in [-0.3, -0.25) is 0 Å². The molecule has 1 atom stereocenters. The molecule has 7 nitrogen and oxygen atoms in total. The molecule has 0 aromatic rings. The highest BCUT2D eigenvalue weighted by atomic mass is 32.2. The molecule has 3 N–H and O–H groups in total. The molecule has 1 heterocycles. The Morgan fingerprint density at radius 1 is 1.29 bits per heavy atom. The average molecular weight is 318 g/mol. The van der Waals surface area contributed by atoms with E-state index in [2.05, 4.69) is 5.16 Å². The second kappa shape index (κ2) is 6.93. The molecule has 2 aliphatic rings. The standard InChI is InChI=1S/C13H26N4O3S/c1-11-6-4-5-9-16(11)21(19,20)17(10-13(14)15-18)12-7-2-3-8-12/h11-12,18H,2-10H2,1H3,(H2,14,15). The van der Waals surface area contributed by atoms with Crippen LogP contribution in [0.1, 0.15) is 51.9 Å². The Hall–Kier alpha value is -0.860. The summed E-state index contributed by atoms with van der Waals surface area (Å²) in [4.78, 5) is 0. The number of rotatable bonds is 5. The Bertz CT molecular complexity index is 474. The van der Waals surface area contributed by atoms with Crippen LogP contribution in [-0.4, -0.2) is 53.2 Å². The van der Waals surface area contributed by atoms with E-state index in [1.165, 1.54) is 4.31 Å². The molecule has 0 bridgehead atoms. The molecule has 1 unspecified atom stereocenters. The molecule has 2 fully saturated rings. The van der Waals surface area contributed by atoms with E-state index in [0.29, 0.717) is 6.54 Å². The summed E-state index contributed by atoms with van der Waals surface area (Å²) in [5, 5.41) is 11.7. The van der Waals surface area contributed by atoms with Crippen molar-refractivity contribution >= 4 is 16.0 Å². The van der Waals surface area contributed by atoms with E-state index >= 15 is 0 Å². The molecule has 8 heteroatoms. The number of hydrogen-bond donors (Lipinski definition) is 2. The maximum atomic E-state index is 13.0. The van der Waals surface area contributed by atoms with Crippen LogP contribution in [0.3, 0.4) is 0 Å². The smallest absolute Gasteiger partial charge is 0.282 e. The highest BCUT2D eigenvalue weighted by Crippen LogP contribution is 2.29.